The van der Waals surface area contributed by atoms with E-state index < -0.39 is 36.1 Å². The number of hydrogen-bond acceptors (Lipinski definition) is 10. The molecule has 13 heteroatoms. The van der Waals surface area contributed by atoms with Crippen LogP contribution >= 0.6 is 0 Å². The molecule has 0 bridgehead atoms. The molecule has 5 N–H and O–H groups in total. The van der Waals surface area contributed by atoms with Crippen molar-refractivity contribution in [3.63, 3.8) is 0 Å². The Balaban J connectivity index is 0.000000293. The van der Waals surface area contributed by atoms with Crippen LogP contribution < -0.4 is 15.9 Å². The van der Waals surface area contributed by atoms with Crippen molar-refractivity contribution in [3.8, 4) is 5.75 Å². The Kier molecular flexibility index (Phi) is 11.1. The van der Waals surface area contributed by atoms with Gasteiger partial charge in [-0.15, -0.1) is 0 Å². The molecule has 0 unspecified atom stereocenters. The van der Waals surface area contributed by atoms with Crippen LogP contribution in [-0.4, -0.2) is 65.0 Å². The Hall–Kier alpha value is -5.72. The van der Waals surface area contributed by atoms with E-state index in [1.807, 2.05) is 31.2 Å². The zero-order valence-electron chi connectivity index (χ0n) is 24.1. The molecule has 0 saturated heterocycles. The molecule has 0 aliphatic carbocycles. The van der Waals surface area contributed by atoms with Crippen LogP contribution in [0.5, 0.6) is 5.75 Å². The van der Waals surface area contributed by atoms with Crippen molar-refractivity contribution in [2.24, 2.45) is 11.0 Å². The Labute approximate surface area is 252 Å². The van der Waals surface area contributed by atoms with E-state index >= 15 is 0 Å². The number of nitrogens with zero attached hydrogens (tertiary/aromatic N) is 1. The number of carboxylic acid groups (broad SMARTS) is 2. The first-order valence-electron chi connectivity index (χ1n) is 13.2. The van der Waals surface area contributed by atoms with E-state index in [2.05, 4.69) is 10.5 Å². The summed E-state index contributed by atoms with van der Waals surface area (Å²) < 4.78 is 14.6. The number of aryl methyl sites for hydroxylation is 1. The van der Waals surface area contributed by atoms with E-state index in [0.717, 1.165) is 22.5 Å². The van der Waals surface area contributed by atoms with E-state index in [-0.39, 0.29) is 23.0 Å². The number of nitrogens with two attached hydrogens (primary N) is 1. The van der Waals surface area contributed by atoms with E-state index in [9.17, 15) is 34.2 Å². The summed E-state index contributed by atoms with van der Waals surface area (Å²) in [4.78, 5) is 58.5. The highest BCUT2D eigenvalue weighted by Crippen LogP contribution is 2.18. The second-order valence-electron chi connectivity index (χ2n) is 9.68. The number of esters is 2. The van der Waals surface area contributed by atoms with Gasteiger partial charge in [-0.2, -0.15) is 5.10 Å². The highest BCUT2D eigenvalue weighted by atomic mass is 16.6. The summed E-state index contributed by atoms with van der Waals surface area (Å²) in [7, 11) is 1.42. The lowest BCUT2D eigenvalue weighted by molar-refractivity contribution is -0.166. The second-order valence-corrected chi connectivity index (χ2v) is 9.68. The number of hydrogen-bond donors (Lipinski definition) is 4. The fourth-order valence-electron chi connectivity index (χ4n) is 3.92. The monoisotopic (exact) mass is 605 g/mol. The lowest BCUT2D eigenvalue weighted by Crippen LogP contribution is -2.45. The molecular formula is C31H31N3O10. The van der Waals surface area contributed by atoms with Crippen LogP contribution in [0, 0.1) is 12.8 Å². The van der Waals surface area contributed by atoms with Crippen molar-refractivity contribution in [2.45, 2.75) is 32.5 Å². The van der Waals surface area contributed by atoms with Crippen LogP contribution in [0.15, 0.2) is 77.9 Å². The van der Waals surface area contributed by atoms with E-state index in [4.69, 9.17) is 19.9 Å². The van der Waals surface area contributed by atoms with Crippen molar-refractivity contribution in [3.05, 3.63) is 95.1 Å². The van der Waals surface area contributed by atoms with Gasteiger partial charge in [-0.25, -0.2) is 24.6 Å². The summed E-state index contributed by atoms with van der Waals surface area (Å²) >= 11 is 0. The predicted molar refractivity (Wildman–Crippen MR) is 157 cm³/mol. The van der Waals surface area contributed by atoms with Crippen LogP contribution in [0.2, 0.25) is 0 Å². The summed E-state index contributed by atoms with van der Waals surface area (Å²) in [5.41, 5.74) is 11.6. The number of methoxy groups -OCH3 is 1. The number of amides is 1. The van der Waals surface area contributed by atoms with Crippen molar-refractivity contribution < 1.29 is 48.4 Å². The number of carbonyl (C=O) groups excluding carboxylic acids is 3. The molecule has 4 rings (SSSR count). The number of ether oxygens (including phenoxy) is 3. The quantitative estimate of drug-likeness (QED) is 0.206. The maximum Gasteiger partial charge on any atom is 0.349 e. The molecule has 3 aromatic rings. The van der Waals surface area contributed by atoms with Gasteiger partial charge in [0.1, 0.15) is 5.75 Å². The van der Waals surface area contributed by atoms with E-state index in [1.165, 1.54) is 43.5 Å². The molecule has 1 aliphatic heterocycles. The van der Waals surface area contributed by atoms with Gasteiger partial charge >= 0.3 is 23.9 Å². The average Bonchev–Trinajstić information content (AvgIpc) is 2.99. The van der Waals surface area contributed by atoms with E-state index in [0.29, 0.717) is 12.2 Å². The number of benzene rings is 3. The summed E-state index contributed by atoms with van der Waals surface area (Å²) in [5.74, 6) is -5.14. The van der Waals surface area contributed by atoms with Gasteiger partial charge in [0.25, 0.3) is 0 Å². The normalized spacial score (nSPS) is 15.2. The number of hydrazone groups is 1. The van der Waals surface area contributed by atoms with Gasteiger partial charge in [0.05, 0.1) is 23.9 Å². The summed E-state index contributed by atoms with van der Waals surface area (Å²) in [6.45, 7) is 3.78. The second kappa shape index (κ2) is 15.0. The van der Waals surface area contributed by atoms with Crippen LogP contribution in [0.1, 0.15) is 45.2 Å². The lowest BCUT2D eigenvalue weighted by Gasteiger charge is -2.21. The molecule has 1 amide bonds. The number of rotatable bonds is 9. The number of nitrogen functional groups attached to an aromatic ring is 1. The first-order valence-corrected chi connectivity index (χ1v) is 13.2. The molecule has 0 radical (unpaired) electrons. The molecule has 0 fully saturated rings. The molecule has 1 aliphatic rings. The minimum absolute atomic E-state index is 0.0208. The highest BCUT2D eigenvalue weighted by Gasteiger charge is 2.41. The SMILES string of the molecule is COc1ccc(C(=O)O[C@@H](C(=O)O)[C@@H](OC(=O)c2ccc(C)cc2)C(=O)O)cc1.C[C@H]1CC(=O)NN=C1c1ccc(N)cc1. The number of aliphatic carboxylic acids is 2. The van der Waals surface area contributed by atoms with Crippen LogP contribution in [-0.2, 0) is 23.9 Å². The number of nitrogens with one attached hydrogen (secondary N) is 1. The highest BCUT2D eigenvalue weighted by molar-refractivity contribution is 6.05. The topological polar surface area (TPSA) is 204 Å². The Morgan fingerprint density at radius 2 is 1.32 bits per heavy atom. The maximum absolute atomic E-state index is 12.2. The zero-order chi connectivity index (χ0) is 32.4. The molecule has 44 heavy (non-hydrogen) atoms. The maximum atomic E-state index is 12.2. The van der Waals surface area contributed by atoms with Crippen LogP contribution in [0.4, 0.5) is 5.69 Å². The molecule has 3 atom stereocenters. The van der Waals surface area contributed by atoms with Gasteiger partial charge in [-0.1, -0.05) is 36.8 Å². The van der Waals surface area contributed by atoms with Gasteiger partial charge in [0, 0.05) is 18.0 Å². The number of anilines is 1. The van der Waals surface area contributed by atoms with Gasteiger partial charge in [-0.05, 0) is 61.0 Å². The molecule has 1 heterocycles. The predicted octanol–water partition coefficient (Wildman–Crippen LogP) is 3.05. The standard InChI is InChI=1S/C20H18O9.C11H13N3O/c1-11-3-5-12(6-4-11)19(25)28-15(17(21)22)16(18(23)24)29-20(26)13-7-9-14(27-2)10-8-13;1-7-6-10(15)13-14-11(7)8-2-4-9(12)5-3-8/h3-10,15-16H,1-2H3,(H,21,22)(H,23,24);2-5,7H,6,12H2,1H3,(H,13,15)/t15-,16-;7-/m10/s1. The Morgan fingerprint density at radius 3 is 1.75 bits per heavy atom. The molecule has 0 aromatic heterocycles. The number of carbonyl (C=O) groups is 5. The number of carboxylic acids is 2. The first kappa shape index (κ1) is 32.8. The van der Waals surface area contributed by atoms with Crippen molar-refractivity contribution in [1.29, 1.82) is 0 Å². The third-order valence-electron chi connectivity index (χ3n) is 6.31. The fourth-order valence-corrected chi connectivity index (χ4v) is 3.92. The largest absolute Gasteiger partial charge is 0.497 e. The van der Waals surface area contributed by atoms with Crippen molar-refractivity contribution in [2.75, 3.05) is 12.8 Å². The third-order valence-corrected chi connectivity index (χ3v) is 6.31. The van der Waals surface area contributed by atoms with Gasteiger partial charge in [0.15, 0.2) is 0 Å². The fraction of sp³-hybridized carbons (Fsp3) is 0.226. The molecule has 0 saturated carbocycles. The van der Waals surface area contributed by atoms with Gasteiger partial charge in [-0.3, -0.25) is 4.79 Å². The molecule has 0 spiro atoms. The third kappa shape index (κ3) is 8.89. The van der Waals surface area contributed by atoms with Gasteiger partial charge < -0.3 is 30.2 Å². The zero-order valence-corrected chi connectivity index (χ0v) is 24.1. The van der Waals surface area contributed by atoms with Crippen LogP contribution in [0.25, 0.3) is 0 Å². The van der Waals surface area contributed by atoms with Gasteiger partial charge in [0.2, 0.25) is 18.1 Å². The summed E-state index contributed by atoms with van der Waals surface area (Å²) in [6, 6.07) is 19.0. The van der Waals surface area contributed by atoms with Crippen LogP contribution in [0.3, 0.4) is 0 Å². The minimum atomic E-state index is -2.25. The lowest BCUT2D eigenvalue weighted by atomic mass is 9.94. The van der Waals surface area contributed by atoms with Crippen molar-refractivity contribution >= 4 is 41.2 Å². The summed E-state index contributed by atoms with van der Waals surface area (Å²) in [6.07, 6.45) is -4.01. The average molecular weight is 606 g/mol. The smallest absolute Gasteiger partial charge is 0.349 e. The Bertz CT molecular complexity index is 1530. The van der Waals surface area contributed by atoms with E-state index in [1.54, 1.807) is 19.1 Å². The molecule has 3 aromatic carbocycles. The summed E-state index contributed by atoms with van der Waals surface area (Å²) in [5, 5.41) is 22.7. The van der Waals surface area contributed by atoms with Crippen molar-refractivity contribution in [1.82, 2.24) is 5.43 Å². The molecular weight excluding hydrogens is 574 g/mol. The molecule has 230 valence electrons. The Morgan fingerprint density at radius 1 is 0.841 bits per heavy atom. The molecule has 13 nitrogen and oxygen atoms in total. The first-order chi connectivity index (χ1) is 20.9. The minimum Gasteiger partial charge on any atom is -0.497 e.